The molecule has 22 heavy (non-hydrogen) atoms. The van der Waals surface area contributed by atoms with Crippen molar-refractivity contribution in [1.29, 1.82) is 0 Å². The topological polar surface area (TPSA) is 35.5 Å². The van der Waals surface area contributed by atoms with E-state index in [0.717, 1.165) is 6.07 Å². The average Bonchev–Trinajstić information content (AvgIpc) is 2.89. The van der Waals surface area contributed by atoms with Crippen LogP contribution in [0.4, 0.5) is 8.78 Å². The number of alkyl halides is 1. The summed E-state index contributed by atoms with van der Waals surface area (Å²) in [5.74, 6) is -1.62. The van der Waals surface area contributed by atoms with Crippen LogP contribution < -0.4 is 0 Å². The quantitative estimate of drug-likeness (QED) is 0.410. The van der Waals surface area contributed by atoms with Crippen LogP contribution in [-0.2, 0) is 19.9 Å². The average molecular weight is 424 g/mol. The zero-order valence-electron chi connectivity index (χ0n) is 12.6. The zero-order valence-corrected chi connectivity index (χ0v) is 14.7. The van der Waals surface area contributed by atoms with Crippen molar-refractivity contribution in [3.05, 3.63) is 35.4 Å². The second-order valence-corrected chi connectivity index (χ2v) is 6.68. The lowest BCUT2D eigenvalue weighted by Gasteiger charge is -2.27. The van der Waals surface area contributed by atoms with Crippen molar-refractivity contribution in [2.45, 2.75) is 25.9 Å². The molecule has 0 N–H and O–H groups in total. The molecule has 0 saturated carbocycles. The largest absolute Gasteiger partial charge is 0.465 e. The van der Waals surface area contributed by atoms with Crippen LogP contribution >= 0.6 is 22.6 Å². The van der Waals surface area contributed by atoms with Gasteiger partial charge in [0.05, 0.1) is 19.1 Å². The van der Waals surface area contributed by atoms with Gasteiger partial charge >= 0.3 is 5.97 Å². The van der Waals surface area contributed by atoms with Gasteiger partial charge in [-0.25, -0.2) is 8.78 Å². The van der Waals surface area contributed by atoms with E-state index in [4.69, 9.17) is 9.47 Å². The number of carbonyl (C=O) groups excluding carboxylic acids is 1. The van der Waals surface area contributed by atoms with Gasteiger partial charge in [0, 0.05) is 22.0 Å². The third-order valence-electron chi connectivity index (χ3n) is 3.78. The minimum atomic E-state index is -0.784. The van der Waals surface area contributed by atoms with E-state index in [0.29, 0.717) is 23.0 Å². The molecule has 1 aromatic rings. The summed E-state index contributed by atoms with van der Waals surface area (Å²) in [5, 5.41) is 0. The summed E-state index contributed by atoms with van der Waals surface area (Å²) in [5.41, 5.74) is -0.422. The Morgan fingerprint density at radius 1 is 1.50 bits per heavy atom. The zero-order chi connectivity index (χ0) is 16.3. The van der Waals surface area contributed by atoms with Crippen molar-refractivity contribution in [2.75, 3.05) is 17.6 Å². The van der Waals surface area contributed by atoms with Crippen LogP contribution in [0, 0.1) is 23.5 Å². The van der Waals surface area contributed by atoms with Crippen molar-refractivity contribution < 1.29 is 23.0 Å². The second kappa shape index (κ2) is 7.21. The first-order chi connectivity index (χ1) is 10.4. The molecule has 1 aliphatic rings. The maximum Gasteiger partial charge on any atom is 0.308 e. The molecule has 1 saturated heterocycles. The lowest BCUT2D eigenvalue weighted by Crippen LogP contribution is -2.28. The summed E-state index contributed by atoms with van der Waals surface area (Å²) in [6.45, 7) is 4.20. The molecular formula is C16H19F2IO3. The molecule has 1 aliphatic heterocycles. The van der Waals surface area contributed by atoms with Gasteiger partial charge in [-0.2, -0.15) is 0 Å². The number of esters is 1. The lowest BCUT2D eigenvalue weighted by atomic mass is 9.89. The van der Waals surface area contributed by atoms with Crippen molar-refractivity contribution in [3.8, 4) is 0 Å². The maximum atomic E-state index is 14.1. The van der Waals surface area contributed by atoms with Gasteiger partial charge < -0.3 is 9.47 Å². The van der Waals surface area contributed by atoms with Crippen molar-refractivity contribution >= 4 is 28.6 Å². The summed E-state index contributed by atoms with van der Waals surface area (Å²) in [6, 6.07) is 3.55. The Morgan fingerprint density at radius 2 is 2.23 bits per heavy atom. The highest BCUT2D eigenvalue weighted by Crippen LogP contribution is 2.42. The maximum absolute atomic E-state index is 14.1. The minimum Gasteiger partial charge on any atom is -0.465 e. The Morgan fingerprint density at radius 3 is 2.82 bits per heavy atom. The van der Waals surface area contributed by atoms with Gasteiger partial charge in [0.25, 0.3) is 0 Å². The van der Waals surface area contributed by atoms with Crippen molar-refractivity contribution in [3.63, 3.8) is 0 Å². The molecule has 0 aromatic heterocycles. The van der Waals surface area contributed by atoms with Crippen LogP contribution in [0.1, 0.15) is 25.8 Å². The highest BCUT2D eigenvalue weighted by atomic mass is 127. The molecule has 0 amide bonds. The van der Waals surface area contributed by atoms with Gasteiger partial charge in [-0.1, -0.05) is 42.5 Å². The highest BCUT2D eigenvalue weighted by molar-refractivity contribution is 14.1. The Balaban J connectivity index is 2.08. The third-order valence-corrected chi connectivity index (χ3v) is 5.02. The van der Waals surface area contributed by atoms with E-state index in [2.05, 4.69) is 22.6 Å². The number of hydrogen-bond acceptors (Lipinski definition) is 3. The van der Waals surface area contributed by atoms with Gasteiger partial charge in [-0.05, 0) is 12.5 Å². The van der Waals surface area contributed by atoms with E-state index in [1.807, 2.05) is 0 Å². The molecule has 122 valence electrons. The number of benzene rings is 1. The molecule has 3 nitrogen and oxygen atoms in total. The monoisotopic (exact) mass is 424 g/mol. The lowest BCUT2D eigenvalue weighted by molar-refractivity contribution is -0.148. The van der Waals surface area contributed by atoms with Crippen LogP contribution in [0.5, 0.6) is 0 Å². The molecule has 2 rings (SSSR count). The number of hydrogen-bond donors (Lipinski definition) is 0. The summed E-state index contributed by atoms with van der Waals surface area (Å²) in [4.78, 5) is 11.5. The number of carbonyl (C=O) groups is 1. The normalized spacial score (nSPS) is 24.7. The predicted octanol–water partition coefficient (Wildman–Crippen LogP) is 3.83. The number of ether oxygens (including phenoxy) is 2. The first-order valence-corrected chi connectivity index (χ1v) is 8.72. The van der Waals surface area contributed by atoms with E-state index >= 15 is 0 Å². The van der Waals surface area contributed by atoms with Crippen LogP contribution in [0.2, 0.25) is 0 Å². The van der Waals surface area contributed by atoms with E-state index in [1.54, 1.807) is 13.8 Å². The van der Waals surface area contributed by atoms with Crippen LogP contribution in [0.3, 0.4) is 0 Å². The standard InChI is InChI=1S/C16H19F2IO3/c1-10(2)15(20)21-7-11-6-16(9-19,22-8-11)13-4-3-12(17)5-14(13)18/h3-5,10-11H,6-9H2,1-2H3/t11-,16+/m0/s1. The Labute approximate surface area is 142 Å². The SMILES string of the molecule is CC(C)C(=O)OC[C@H]1CO[C@](CI)(c2ccc(F)cc2F)C1. The van der Waals surface area contributed by atoms with E-state index in [1.165, 1.54) is 12.1 Å². The van der Waals surface area contributed by atoms with E-state index in [-0.39, 0.29) is 24.4 Å². The smallest absolute Gasteiger partial charge is 0.308 e. The Hall–Kier alpha value is -0.760. The van der Waals surface area contributed by atoms with Gasteiger partial charge in [-0.3, -0.25) is 4.79 Å². The van der Waals surface area contributed by atoms with Gasteiger partial charge in [0.2, 0.25) is 0 Å². The molecule has 2 atom stereocenters. The third kappa shape index (κ3) is 3.76. The Bertz CT molecular complexity index is 550. The molecule has 0 radical (unpaired) electrons. The second-order valence-electron chi connectivity index (χ2n) is 5.92. The fourth-order valence-corrected chi connectivity index (χ4v) is 3.49. The molecule has 0 spiro atoms. The van der Waals surface area contributed by atoms with Crippen LogP contribution in [0.15, 0.2) is 18.2 Å². The minimum absolute atomic E-state index is 0.0157. The van der Waals surface area contributed by atoms with Gasteiger partial charge in [0.1, 0.15) is 17.2 Å². The summed E-state index contributed by atoms with van der Waals surface area (Å²) in [6.07, 6.45) is 0.546. The molecule has 1 fully saturated rings. The number of halogens is 3. The first-order valence-electron chi connectivity index (χ1n) is 7.20. The van der Waals surface area contributed by atoms with E-state index < -0.39 is 17.2 Å². The first kappa shape index (κ1) is 17.6. The van der Waals surface area contributed by atoms with Gasteiger partial charge in [-0.15, -0.1) is 0 Å². The predicted molar refractivity (Wildman–Crippen MR) is 86.8 cm³/mol. The summed E-state index contributed by atoms with van der Waals surface area (Å²) >= 11 is 2.14. The summed E-state index contributed by atoms with van der Waals surface area (Å²) < 4.78 is 38.8. The molecule has 0 bridgehead atoms. The summed E-state index contributed by atoms with van der Waals surface area (Å²) in [7, 11) is 0. The fourth-order valence-electron chi connectivity index (χ4n) is 2.55. The molecule has 0 unspecified atom stereocenters. The van der Waals surface area contributed by atoms with Gasteiger partial charge in [0.15, 0.2) is 0 Å². The molecule has 6 heteroatoms. The van der Waals surface area contributed by atoms with Crippen LogP contribution in [-0.4, -0.2) is 23.6 Å². The highest BCUT2D eigenvalue weighted by Gasteiger charge is 2.43. The molecular weight excluding hydrogens is 405 g/mol. The fraction of sp³-hybridized carbons (Fsp3) is 0.562. The van der Waals surface area contributed by atoms with Crippen molar-refractivity contribution in [1.82, 2.24) is 0 Å². The Kier molecular flexibility index (Phi) is 5.76. The molecule has 1 heterocycles. The molecule has 1 aromatic carbocycles. The number of rotatable bonds is 5. The van der Waals surface area contributed by atoms with Crippen LogP contribution in [0.25, 0.3) is 0 Å². The van der Waals surface area contributed by atoms with E-state index in [9.17, 15) is 13.6 Å². The van der Waals surface area contributed by atoms with Crippen molar-refractivity contribution in [2.24, 2.45) is 11.8 Å². The molecule has 0 aliphatic carbocycles.